The maximum absolute atomic E-state index is 13.9. The molecule has 0 radical (unpaired) electrons. The summed E-state index contributed by atoms with van der Waals surface area (Å²) in [5.41, 5.74) is -0.132. The molecule has 7 heteroatoms. The Labute approximate surface area is 125 Å². The highest BCUT2D eigenvalue weighted by Crippen LogP contribution is 2.23. The predicted molar refractivity (Wildman–Crippen MR) is 81.0 cm³/mol. The van der Waals surface area contributed by atoms with Crippen LogP contribution in [0.15, 0.2) is 24.3 Å². The third-order valence-corrected chi connectivity index (χ3v) is 4.09. The van der Waals surface area contributed by atoms with Gasteiger partial charge in [0.1, 0.15) is 11.9 Å². The Morgan fingerprint density at radius 1 is 1.29 bits per heavy atom. The average Bonchev–Trinajstić information content (AvgIpc) is 2.36. The molecule has 0 spiro atoms. The number of para-hydroxylation sites is 1. The van der Waals surface area contributed by atoms with Gasteiger partial charge < -0.3 is 5.32 Å². The number of hydrogen-bond acceptors (Lipinski definition) is 3. The molecule has 0 saturated heterocycles. The number of benzene rings is 1. The van der Waals surface area contributed by atoms with Crippen LogP contribution in [0.1, 0.15) is 20.8 Å². The highest BCUT2D eigenvalue weighted by molar-refractivity contribution is 7.92. The number of halogens is 1. The maximum Gasteiger partial charge on any atom is 0.243 e. The molecule has 0 aromatic heterocycles. The van der Waals surface area contributed by atoms with Crippen LogP contribution < -0.4 is 9.62 Å². The van der Waals surface area contributed by atoms with Crippen molar-refractivity contribution in [3.63, 3.8) is 0 Å². The number of carbonyl (C=O) groups excluding carboxylic acids is 1. The molecule has 1 aromatic rings. The Hall–Kier alpha value is -1.63. The van der Waals surface area contributed by atoms with Gasteiger partial charge in [0.2, 0.25) is 15.9 Å². The van der Waals surface area contributed by atoms with Crippen LogP contribution in [0, 0.1) is 11.7 Å². The first-order valence-electron chi connectivity index (χ1n) is 6.66. The van der Waals surface area contributed by atoms with E-state index in [1.807, 2.05) is 13.8 Å². The molecule has 0 aliphatic carbocycles. The minimum absolute atomic E-state index is 0.132. The monoisotopic (exact) mass is 316 g/mol. The van der Waals surface area contributed by atoms with E-state index in [-0.39, 0.29) is 11.6 Å². The van der Waals surface area contributed by atoms with E-state index in [2.05, 4.69) is 5.32 Å². The lowest BCUT2D eigenvalue weighted by Crippen LogP contribution is -2.48. The molecular formula is C14H21FN2O3S. The molecule has 1 N–H and O–H groups in total. The molecule has 1 unspecified atom stereocenters. The second-order valence-electron chi connectivity index (χ2n) is 5.33. The SMILES string of the molecule is CC(C)CNC(=O)C(C)N(c1ccccc1F)S(C)(=O)=O. The van der Waals surface area contributed by atoms with E-state index < -0.39 is 27.8 Å². The molecule has 1 aromatic carbocycles. The molecule has 1 rings (SSSR count). The predicted octanol–water partition coefficient (Wildman–Crippen LogP) is 1.75. The molecule has 21 heavy (non-hydrogen) atoms. The minimum Gasteiger partial charge on any atom is -0.354 e. The molecule has 5 nitrogen and oxygen atoms in total. The van der Waals surface area contributed by atoms with Gasteiger partial charge in [-0.25, -0.2) is 12.8 Å². The first-order chi connectivity index (χ1) is 9.64. The van der Waals surface area contributed by atoms with Gasteiger partial charge in [0.15, 0.2) is 0 Å². The van der Waals surface area contributed by atoms with Crippen molar-refractivity contribution in [2.24, 2.45) is 5.92 Å². The second-order valence-corrected chi connectivity index (χ2v) is 7.18. The van der Waals surface area contributed by atoms with E-state index in [9.17, 15) is 17.6 Å². The first kappa shape index (κ1) is 17.4. The topological polar surface area (TPSA) is 66.5 Å². The zero-order valence-corrected chi connectivity index (χ0v) is 13.4. The van der Waals surface area contributed by atoms with Crippen LogP contribution in [0.2, 0.25) is 0 Å². The van der Waals surface area contributed by atoms with Gasteiger partial charge in [-0.3, -0.25) is 9.10 Å². The summed E-state index contributed by atoms with van der Waals surface area (Å²) in [5, 5.41) is 2.66. The summed E-state index contributed by atoms with van der Waals surface area (Å²) >= 11 is 0. The lowest BCUT2D eigenvalue weighted by atomic mass is 10.2. The molecule has 0 aliphatic heterocycles. The Morgan fingerprint density at radius 3 is 2.33 bits per heavy atom. The number of hydrogen-bond donors (Lipinski definition) is 1. The molecule has 0 bridgehead atoms. The Kier molecular flexibility index (Phi) is 5.71. The molecule has 1 amide bonds. The first-order valence-corrected chi connectivity index (χ1v) is 8.51. The second kappa shape index (κ2) is 6.89. The van der Waals surface area contributed by atoms with Crippen LogP contribution >= 0.6 is 0 Å². The van der Waals surface area contributed by atoms with E-state index in [1.54, 1.807) is 0 Å². The average molecular weight is 316 g/mol. The van der Waals surface area contributed by atoms with Crippen molar-refractivity contribution in [3.05, 3.63) is 30.1 Å². The zero-order chi connectivity index (χ0) is 16.2. The summed E-state index contributed by atoms with van der Waals surface area (Å²) in [7, 11) is -3.79. The number of sulfonamides is 1. The van der Waals surface area contributed by atoms with Crippen molar-refractivity contribution in [1.29, 1.82) is 0 Å². The molecule has 0 fully saturated rings. The summed E-state index contributed by atoms with van der Waals surface area (Å²) in [6.07, 6.45) is 0.950. The van der Waals surface area contributed by atoms with Gasteiger partial charge in [-0.05, 0) is 25.0 Å². The fraction of sp³-hybridized carbons (Fsp3) is 0.500. The van der Waals surface area contributed by atoms with Crippen LogP contribution in [0.25, 0.3) is 0 Å². The van der Waals surface area contributed by atoms with Crippen LogP contribution in [0.4, 0.5) is 10.1 Å². The number of anilines is 1. The summed E-state index contributed by atoms with van der Waals surface area (Å²) in [5.74, 6) is -0.912. The Morgan fingerprint density at radius 2 is 1.86 bits per heavy atom. The largest absolute Gasteiger partial charge is 0.354 e. The fourth-order valence-corrected chi connectivity index (χ4v) is 3.04. The molecule has 1 atom stereocenters. The number of amides is 1. The van der Waals surface area contributed by atoms with E-state index >= 15 is 0 Å². The van der Waals surface area contributed by atoms with E-state index in [0.717, 1.165) is 16.6 Å². The van der Waals surface area contributed by atoms with Crippen molar-refractivity contribution in [2.45, 2.75) is 26.8 Å². The highest BCUT2D eigenvalue weighted by Gasteiger charge is 2.30. The lowest BCUT2D eigenvalue weighted by molar-refractivity contribution is -0.121. The fourth-order valence-electron chi connectivity index (χ4n) is 1.86. The third kappa shape index (κ3) is 4.70. The van der Waals surface area contributed by atoms with Gasteiger partial charge in [-0.2, -0.15) is 0 Å². The van der Waals surface area contributed by atoms with Crippen LogP contribution in [0.3, 0.4) is 0 Å². The summed E-state index contributed by atoms with van der Waals surface area (Å²) in [6, 6.07) is 4.45. The van der Waals surface area contributed by atoms with Crippen molar-refractivity contribution in [1.82, 2.24) is 5.32 Å². The lowest BCUT2D eigenvalue weighted by Gasteiger charge is -2.28. The highest BCUT2D eigenvalue weighted by atomic mass is 32.2. The van der Waals surface area contributed by atoms with E-state index in [1.165, 1.54) is 25.1 Å². The summed E-state index contributed by atoms with van der Waals surface area (Å²) in [4.78, 5) is 12.1. The van der Waals surface area contributed by atoms with Crippen molar-refractivity contribution in [2.75, 3.05) is 17.1 Å². The minimum atomic E-state index is -3.79. The molecule has 118 valence electrons. The molecule has 0 aliphatic rings. The smallest absolute Gasteiger partial charge is 0.243 e. The molecule has 0 heterocycles. The summed E-state index contributed by atoms with van der Waals surface area (Å²) in [6.45, 7) is 5.72. The van der Waals surface area contributed by atoms with Gasteiger partial charge in [0.05, 0.1) is 11.9 Å². The Balaban J connectivity index is 3.11. The maximum atomic E-state index is 13.9. The summed E-state index contributed by atoms with van der Waals surface area (Å²) < 4.78 is 38.6. The van der Waals surface area contributed by atoms with Crippen LogP contribution in [-0.4, -0.2) is 33.2 Å². The Bertz CT molecular complexity index is 602. The van der Waals surface area contributed by atoms with E-state index in [0.29, 0.717) is 6.54 Å². The third-order valence-electron chi connectivity index (χ3n) is 2.86. The van der Waals surface area contributed by atoms with Gasteiger partial charge in [-0.1, -0.05) is 26.0 Å². The molecule has 0 saturated carbocycles. The number of rotatable bonds is 6. The van der Waals surface area contributed by atoms with Crippen molar-refractivity contribution < 1.29 is 17.6 Å². The number of carbonyl (C=O) groups is 1. The van der Waals surface area contributed by atoms with Gasteiger partial charge in [-0.15, -0.1) is 0 Å². The molecular weight excluding hydrogens is 295 g/mol. The van der Waals surface area contributed by atoms with E-state index in [4.69, 9.17) is 0 Å². The van der Waals surface area contributed by atoms with Gasteiger partial charge in [0.25, 0.3) is 0 Å². The van der Waals surface area contributed by atoms with Crippen molar-refractivity contribution in [3.8, 4) is 0 Å². The zero-order valence-electron chi connectivity index (χ0n) is 12.6. The van der Waals surface area contributed by atoms with Gasteiger partial charge in [0, 0.05) is 6.54 Å². The van der Waals surface area contributed by atoms with Crippen LogP contribution in [0.5, 0.6) is 0 Å². The number of nitrogens with one attached hydrogen (secondary N) is 1. The normalized spacial score (nSPS) is 13.0. The van der Waals surface area contributed by atoms with Crippen LogP contribution in [-0.2, 0) is 14.8 Å². The standard InChI is InChI=1S/C14H21FN2O3S/c1-10(2)9-16-14(18)11(3)17(21(4,19)20)13-8-6-5-7-12(13)15/h5-8,10-11H,9H2,1-4H3,(H,16,18). The van der Waals surface area contributed by atoms with Crippen molar-refractivity contribution >= 4 is 21.6 Å². The quantitative estimate of drug-likeness (QED) is 0.869. The van der Waals surface area contributed by atoms with Gasteiger partial charge >= 0.3 is 0 Å². The number of nitrogens with zero attached hydrogens (tertiary/aromatic N) is 1.